The number of hydrogen-bond acceptors (Lipinski definition) is 2. The van der Waals surface area contributed by atoms with Gasteiger partial charge in [0.05, 0.1) is 0 Å². The van der Waals surface area contributed by atoms with E-state index in [0.29, 0.717) is 5.92 Å². The van der Waals surface area contributed by atoms with E-state index in [1.54, 1.807) is 0 Å². The summed E-state index contributed by atoms with van der Waals surface area (Å²) in [5.41, 5.74) is 3.05. The van der Waals surface area contributed by atoms with Crippen molar-refractivity contribution in [2.24, 2.45) is 5.92 Å². The molecular weight excluding hydrogens is 272 g/mol. The van der Waals surface area contributed by atoms with Gasteiger partial charge in [-0.2, -0.15) is 0 Å². The van der Waals surface area contributed by atoms with Crippen molar-refractivity contribution in [3.8, 4) is 0 Å². The summed E-state index contributed by atoms with van der Waals surface area (Å²) in [7, 11) is 0. The number of carbonyl (C=O) groups excluding carboxylic acids is 1. The minimum atomic E-state index is 0. The first kappa shape index (κ1) is 17.0. The van der Waals surface area contributed by atoms with Gasteiger partial charge in [-0.25, -0.2) is 0 Å². The molecule has 1 heterocycles. The maximum Gasteiger partial charge on any atom is 0.251 e. The highest BCUT2D eigenvalue weighted by Gasteiger charge is 2.13. The molecule has 1 fully saturated rings. The van der Waals surface area contributed by atoms with Crippen LogP contribution in [-0.2, 0) is 0 Å². The Labute approximate surface area is 127 Å². The van der Waals surface area contributed by atoms with Gasteiger partial charge in [0.2, 0.25) is 0 Å². The lowest BCUT2D eigenvalue weighted by Crippen LogP contribution is -2.33. The summed E-state index contributed by atoms with van der Waals surface area (Å²) in [6.07, 6.45) is 3.62. The molecular formula is C16H25ClN2O. The van der Waals surface area contributed by atoms with Crippen molar-refractivity contribution in [3.05, 3.63) is 34.9 Å². The molecule has 1 unspecified atom stereocenters. The third-order valence-corrected chi connectivity index (χ3v) is 3.86. The van der Waals surface area contributed by atoms with Crippen LogP contribution in [0.1, 0.15) is 40.7 Å². The van der Waals surface area contributed by atoms with Gasteiger partial charge in [-0.3, -0.25) is 4.79 Å². The van der Waals surface area contributed by atoms with Crippen LogP contribution in [0.2, 0.25) is 0 Å². The number of piperidine rings is 1. The predicted octanol–water partition coefficient (Wildman–Crippen LogP) is 2.84. The maximum atomic E-state index is 12.1. The summed E-state index contributed by atoms with van der Waals surface area (Å²) in [5.74, 6) is 0.773. The van der Waals surface area contributed by atoms with Crippen LogP contribution in [-0.4, -0.2) is 25.5 Å². The van der Waals surface area contributed by atoms with E-state index in [0.717, 1.165) is 37.2 Å². The van der Waals surface area contributed by atoms with E-state index in [1.807, 2.05) is 26.0 Å². The summed E-state index contributed by atoms with van der Waals surface area (Å²) in [6.45, 7) is 7.06. The Balaban J connectivity index is 0.00000200. The highest BCUT2D eigenvalue weighted by Crippen LogP contribution is 2.14. The molecule has 1 aromatic carbocycles. The molecule has 1 aliphatic heterocycles. The number of rotatable bonds is 4. The third-order valence-electron chi connectivity index (χ3n) is 3.86. The zero-order valence-electron chi connectivity index (χ0n) is 12.4. The molecule has 0 saturated carbocycles. The molecule has 1 amide bonds. The van der Waals surface area contributed by atoms with Gasteiger partial charge in [0.25, 0.3) is 5.91 Å². The first-order valence-electron chi connectivity index (χ1n) is 7.23. The first-order chi connectivity index (χ1) is 9.16. The van der Waals surface area contributed by atoms with Gasteiger partial charge < -0.3 is 10.6 Å². The van der Waals surface area contributed by atoms with Gasteiger partial charge in [0.15, 0.2) is 0 Å². The second-order valence-corrected chi connectivity index (χ2v) is 5.58. The quantitative estimate of drug-likeness (QED) is 0.897. The number of amides is 1. The molecule has 3 nitrogen and oxygen atoms in total. The average molecular weight is 297 g/mol. The number of halogens is 1. The summed E-state index contributed by atoms with van der Waals surface area (Å²) in [6, 6.07) is 5.97. The van der Waals surface area contributed by atoms with E-state index < -0.39 is 0 Å². The molecule has 0 radical (unpaired) electrons. The van der Waals surface area contributed by atoms with Crippen molar-refractivity contribution < 1.29 is 4.79 Å². The molecule has 1 atom stereocenters. The van der Waals surface area contributed by atoms with Crippen molar-refractivity contribution in [1.29, 1.82) is 0 Å². The Kier molecular flexibility index (Phi) is 7.03. The Morgan fingerprint density at radius 1 is 1.40 bits per heavy atom. The fourth-order valence-corrected chi connectivity index (χ4v) is 2.72. The zero-order valence-corrected chi connectivity index (χ0v) is 13.2. The van der Waals surface area contributed by atoms with E-state index in [1.165, 1.54) is 18.4 Å². The van der Waals surface area contributed by atoms with Gasteiger partial charge in [0, 0.05) is 12.1 Å². The van der Waals surface area contributed by atoms with E-state index >= 15 is 0 Å². The van der Waals surface area contributed by atoms with E-state index in [9.17, 15) is 4.79 Å². The summed E-state index contributed by atoms with van der Waals surface area (Å²) in [4.78, 5) is 12.1. The Morgan fingerprint density at radius 2 is 2.20 bits per heavy atom. The topological polar surface area (TPSA) is 41.1 Å². The van der Waals surface area contributed by atoms with Crippen molar-refractivity contribution in [1.82, 2.24) is 10.6 Å². The van der Waals surface area contributed by atoms with Crippen LogP contribution in [0, 0.1) is 19.8 Å². The largest absolute Gasteiger partial charge is 0.352 e. The van der Waals surface area contributed by atoms with Gasteiger partial charge in [-0.15, -0.1) is 12.4 Å². The van der Waals surface area contributed by atoms with Gasteiger partial charge in [-0.05, 0) is 63.7 Å². The third kappa shape index (κ3) is 4.80. The summed E-state index contributed by atoms with van der Waals surface area (Å²) >= 11 is 0. The number of nitrogens with one attached hydrogen (secondary N) is 2. The van der Waals surface area contributed by atoms with Crippen molar-refractivity contribution in [3.63, 3.8) is 0 Å². The average Bonchev–Trinajstić information content (AvgIpc) is 2.39. The molecule has 4 heteroatoms. The molecule has 20 heavy (non-hydrogen) atoms. The lowest BCUT2D eigenvalue weighted by Gasteiger charge is -2.22. The highest BCUT2D eigenvalue weighted by atomic mass is 35.5. The lowest BCUT2D eigenvalue weighted by molar-refractivity contribution is 0.0950. The summed E-state index contributed by atoms with van der Waals surface area (Å²) in [5, 5.41) is 6.45. The Bertz CT molecular complexity index is 442. The molecule has 1 aromatic rings. The fraction of sp³-hybridized carbons (Fsp3) is 0.562. The van der Waals surface area contributed by atoms with Gasteiger partial charge in [-0.1, -0.05) is 17.7 Å². The smallest absolute Gasteiger partial charge is 0.251 e. The molecule has 1 saturated heterocycles. The lowest BCUT2D eigenvalue weighted by atomic mass is 9.96. The molecule has 2 rings (SSSR count). The van der Waals surface area contributed by atoms with Crippen molar-refractivity contribution in [2.75, 3.05) is 19.6 Å². The molecule has 0 aliphatic carbocycles. The van der Waals surface area contributed by atoms with Crippen LogP contribution in [0.5, 0.6) is 0 Å². The van der Waals surface area contributed by atoms with Crippen LogP contribution in [0.3, 0.4) is 0 Å². The van der Waals surface area contributed by atoms with Crippen LogP contribution < -0.4 is 10.6 Å². The van der Waals surface area contributed by atoms with Crippen LogP contribution >= 0.6 is 12.4 Å². The van der Waals surface area contributed by atoms with E-state index in [4.69, 9.17) is 0 Å². The first-order valence-corrected chi connectivity index (χ1v) is 7.23. The van der Waals surface area contributed by atoms with Gasteiger partial charge in [0.1, 0.15) is 0 Å². The number of hydrogen-bond donors (Lipinski definition) is 2. The number of aryl methyl sites for hydroxylation is 2. The minimum absolute atomic E-state index is 0. The maximum absolute atomic E-state index is 12.1. The van der Waals surface area contributed by atoms with Crippen LogP contribution in [0.4, 0.5) is 0 Å². The van der Waals surface area contributed by atoms with Gasteiger partial charge >= 0.3 is 0 Å². The Hall–Kier alpha value is -1.06. The molecule has 2 N–H and O–H groups in total. The van der Waals surface area contributed by atoms with Crippen molar-refractivity contribution in [2.45, 2.75) is 33.1 Å². The van der Waals surface area contributed by atoms with E-state index in [2.05, 4.69) is 16.7 Å². The second kappa shape index (κ2) is 8.28. The fourth-order valence-electron chi connectivity index (χ4n) is 2.72. The number of benzene rings is 1. The SMILES string of the molecule is Cc1ccc(C(=O)NCCC2CCCNC2)c(C)c1.Cl. The second-order valence-electron chi connectivity index (χ2n) is 5.58. The molecule has 1 aliphatic rings. The molecule has 0 spiro atoms. The predicted molar refractivity (Wildman–Crippen MR) is 85.7 cm³/mol. The molecule has 112 valence electrons. The highest BCUT2D eigenvalue weighted by molar-refractivity contribution is 5.95. The van der Waals surface area contributed by atoms with Crippen LogP contribution in [0.25, 0.3) is 0 Å². The Morgan fingerprint density at radius 3 is 2.85 bits per heavy atom. The normalized spacial score (nSPS) is 18.2. The molecule has 0 aromatic heterocycles. The number of carbonyl (C=O) groups is 1. The standard InChI is InChI=1S/C16H24N2O.ClH/c1-12-5-6-15(13(2)10-12)16(19)18-9-7-14-4-3-8-17-11-14;/h5-6,10,14,17H,3-4,7-9,11H2,1-2H3,(H,18,19);1H. The van der Waals surface area contributed by atoms with E-state index in [-0.39, 0.29) is 18.3 Å². The van der Waals surface area contributed by atoms with Crippen LogP contribution in [0.15, 0.2) is 18.2 Å². The van der Waals surface area contributed by atoms with Crippen molar-refractivity contribution >= 4 is 18.3 Å². The monoisotopic (exact) mass is 296 g/mol. The zero-order chi connectivity index (χ0) is 13.7. The molecule has 0 bridgehead atoms. The summed E-state index contributed by atoms with van der Waals surface area (Å²) < 4.78 is 0. The minimum Gasteiger partial charge on any atom is -0.352 e.